The van der Waals surface area contributed by atoms with Gasteiger partial charge < -0.3 is 14.8 Å². The van der Waals surface area contributed by atoms with Crippen molar-refractivity contribution in [3.8, 4) is 11.8 Å². The van der Waals surface area contributed by atoms with Crippen LogP contribution in [0.1, 0.15) is 5.56 Å². The van der Waals surface area contributed by atoms with Gasteiger partial charge in [-0.1, -0.05) is 6.07 Å². The molecule has 8 nitrogen and oxygen atoms in total. The number of aromatic nitrogens is 2. The maximum absolute atomic E-state index is 11.0. The fourth-order valence-corrected chi connectivity index (χ4v) is 1.65. The van der Waals surface area contributed by atoms with Gasteiger partial charge >= 0.3 is 5.69 Å². The van der Waals surface area contributed by atoms with E-state index in [1.807, 2.05) is 6.07 Å². The van der Waals surface area contributed by atoms with E-state index in [2.05, 4.69) is 15.3 Å². The summed E-state index contributed by atoms with van der Waals surface area (Å²) in [5.41, 5.74) is 0.729. The van der Waals surface area contributed by atoms with Crippen LogP contribution in [-0.4, -0.2) is 29.1 Å². The highest BCUT2D eigenvalue weighted by Gasteiger charge is 2.16. The molecule has 0 aromatic carbocycles. The van der Waals surface area contributed by atoms with Crippen molar-refractivity contribution in [2.45, 2.75) is 6.54 Å². The number of ether oxygens (including phenoxy) is 2. The molecule has 8 heteroatoms. The van der Waals surface area contributed by atoms with Crippen LogP contribution in [-0.2, 0) is 6.54 Å². The molecule has 0 radical (unpaired) electrons. The van der Waals surface area contributed by atoms with Crippen LogP contribution in [0.3, 0.4) is 0 Å². The Morgan fingerprint density at radius 1 is 1.19 bits per heavy atom. The summed E-state index contributed by atoms with van der Waals surface area (Å²) >= 11 is 0. The van der Waals surface area contributed by atoms with E-state index in [4.69, 9.17) is 9.47 Å². The van der Waals surface area contributed by atoms with Crippen LogP contribution in [0.15, 0.2) is 30.5 Å². The third kappa shape index (κ3) is 3.56. The van der Waals surface area contributed by atoms with Gasteiger partial charge in [-0.25, -0.2) is 4.98 Å². The lowest BCUT2D eigenvalue weighted by Crippen LogP contribution is -2.06. The van der Waals surface area contributed by atoms with Gasteiger partial charge in [0.05, 0.1) is 19.1 Å². The first-order chi connectivity index (χ1) is 10.1. The van der Waals surface area contributed by atoms with Crippen molar-refractivity contribution in [1.82, 2.24) is 9.97 Å². The van der Waals surface area contributed by atoms with E-state index in [0.717, 1.165) is 5.56 Å². The van der Waals surface area contributed by atoms with Gasteiger partial charge in [-0.15, -0.1) is 0 Å². The number of hydrogen-bond acceptors (Lipinski definition) is 7. The molecule has 2 rings (SSSR count). The van der Waals surface area contributed by atoms with E-state index in [1.54, 1.807) is 12.3 Å². The lowest BCUT2D eigenvalue weighted by molar-refractivity contribution is -0.384. The number of pyridine rings is 2. The molecule has 0 aliphatic carbocycles. The molecule has 0 fully saturated rings. The molecule has 0 aliphatic rings. The normalized spacial score (nSPS) is 10.0. The average molecular weight is 290 g/mol. The monoisotopic (exact) mass is 290 g/mol. The third-order valence-corrected chi connectivity index (χ3v) is 2.72. The van der Waals surface area contributed by atoms with Crippen molar-refractivity contribution in [1.29, 1.82) is 0 Å². The van der Waals surface area contributed by atoms with Crippen LogP contribution >= 0.6 is 0 Å². The lowest BCUT2D eigenvalue weighted by atomic mass is 10.3. The second-order valence-electron chi connectivity index (χ2n) is 4.04. The molecule has 21 heavy (non-hydrogen) atoms. The van der Waals surface area contributed by atoms with E-state index in [1.165, 1.54) is 26.4 Å². The Bertz CT molecular complexity index is 631. The van der Waals surface area contributed by atoms with Gasteiger partial charge in [-0.3, -0.25) is 10.1 Å². The predicted octanol–water partition coefficient (Wildman–Crippen LogP) is 2.01. The zero-order valence-corrected chi connectivity index (χ0v) is 11.6. The molecule has 0 unspecified atom stereocenters. The van der Waals surface area contributed by atoms with Gasteiger partial charge in [0.25, 0.3) is 0 Å². The van der Waals surface area contributed by atoms with Crippen molar-refractivity contribution in [2.24, 2.45) is 0 Å². The van der Waals surface area contributed by atoms with Crippen molar-refractivity contribution in [2.75, 3.05) is 19.5 Å². The first-order valence-electron chi connectivity index (χ1n) is 6.06. The molecular weight excluding hydrogens is 276 g/mol. The summed E-state index contributed by atoms with van der Waals surface area (Å²) in [6.45, 7) is 0.345. The zero-order valence-electron chi connectivity index (χ0n) is 11.6. The number of nitrogens with one attached hydrogen (secondary N) is 1. The minimum absolute atomic E-state index is 0.114. The van der Waals surface area contributed by atoms with Crippen LogP contribution in [0.2, 0.25) is 0 Å². The van der Waals surface area contributed by atoms with Crippen LogP contribution in [0, 0.1) is 10.1 Å². The zero-order chi connectivity index (χ0) is 15.2. The van der Waals surface area contributed by atoms with Gasteiger partial charge in [-0.05, 0) is 5.56 Å². The fraction of sp³-hybridized carbons (Fsp3) is 0.231. The highest BCUT2D eigenvalue weighted by molar-refractivity contribution is 5.57. The van der Waals surface area contributed by atoms with Crippen LogP contribution in [0.25, 0.3) is 0 Å². The number of methoxy groups -OCH3 is 2. The molecule has 0 amide bonds. The Kier molecular flexibility index (Phi) is 4.50. The van der Waals surface area contributed by atoms with E-state index >= 15 is 0 Å². The summed E-state index contributed by atoms with van der Waals surface area (Å²) in [6.07, 6.45) is 1.62. The molecular formula is C13H14N4O4. The minimum Gasteiger partial charge on any atom is -0.481 e. The Balaban J connectivity index is 2.15. The molecule has 0 aliphatic heterocycles. The van der Waals surface area contributed by atoms with E-state index in [9.17, 15) is 10.1 Å². The summed E-state index contributed by atoms with van der Waals surface area (Å²) in [6, 6.07) is 6.31. The lowest BCUT2D eigenvalue weighted by Gasteiger charge is -2.08. The number of anilines is 1. The van der Waals surface area contributed by atoms with Crippen molar-refractivity contribution >= 4 is 11.5 Å². The van der Waals surface area contributed by atoms with Crippen LogP contribution in [0.5, 0.6) is 11.8 Å². The standard InChI is InChI=1S/C13H14N4O4/c1-20-11-5-3-9(7-14-11)8-15-13-10(17(18)19)4-6-12(16-13)21-2/h3-7H,8H2,1-2H3,(H,15,16). The second-order valence-corrected chi connectivity index (χ2v) is 4.04. The molecule has 2 aromatic rings. The highest BCUT2D eigenvalue weighted by Crippen LogP contribution is 2.25. The third-order valence-electron chi connectivity index (χ3n) is 2.72. The van der Waals surface area contributed by atoms with E-state index in [-0.39, 0.29) is 11.5 Å². The summed E-state index contributed by atoms with van der Waals surface area (Å²) in [7, 11) is 2.98. The smallest absolute Gasteiger partial charge is 0.311 e. The number of rotatable bonds is 6. The van der Waals surface area contributed by atoms with Gasteiger partial charge in [0.1, 0.15) is 0 Å². The Morgan fingerprint density at radius 2 is 1.90 bits per heavy atom. The molecule has 2 aromatic heterocycles. The highest BCUT2D eigenvalue weighted by atomic mass is 16.6. The molecule has 0 bridgehead atoms. The Hall–Kier alpha value is -2.90. The van der Waals surface area contributed by atoms with E-state index < -0.39 is 4.92 Å². The van der Waals surface area contributed by atoms with Gasteiger partial charge in [0.2, 0.25) is 17.6 Å². The van der Waals surface area contributed by atoms with Gasteiger partial charge in [0, 0.05) is 30.9 Å². The molecule has 0 saturated carbocycles. The SMILES string of the molecule is COc1ccc(CNc2nc(OC)ccc2[N+](=O)[O-])cn1. The maximum Gasteiger partial charge on any atom is 0.311 e. The average Bonchev–Trinajstić information content (AvgIpc) is 2.52. The van der Waals surface area contributed by atoms with Crippen molar-refractivity contribution in [3.63, 3.8) is 0 Å². The summed E-state index contributed by atoms with van der Waals surface area (Å²) in [5, 5.41) is 13.9. The van der Waals surface area contributed by atoms with Gasteiger partial charge in [-0.2, -0.15) is 4.98 Å². The topological polar surface area (TPSA) is 99.4 Å². The number of hydrogen-bond donors (Lipinski definition) is 1. The first-order valence-corrected chi connectivity index (χ1v) is 6.06. The second kappa shape index (κ2) is 6.51. The summed E-state index contributed by atoms with van der Waals surface area (Å²) in [4.78, 5) is 18.6. The van der Waals surface area contributed by atoms with Crippen LogP contribution in [0.4, 0.5) is 11.5 Å². The quantitative estimate of drug-likeness (QED) is 0.641. The van der Waals surface area contributed by atoms with Gasteiger partial charge in [0.15, 0.2) is 0 Å². The molecule has 1 N–H and O–H groups in total. The Labute approximate surface area is 120 Å². The molecule has 110 valence electrons. The molecule has 0 atom stereocenters. The first kappa shape index (κ1) is 14.5. The number of nitro groups is 1. The number of nitrogens with zero attached hydrogens (tertiary/aromatic N) is 3. The van der Waals surface area contributed by atoms with Crippen molar-refractivity contribution in [3.05, 3.63) is 46.1 Å². The van der Waals surface area contributed by atoms with Crippen LogP contribution < -0.4 is 14.8 Å². The Morgan fingerprint density at radius 3 is 2.48 bits per heavy atom. The summed E-state index contributed by atoms with van der Waals surface area (Å²) in [5.74, 6) is 0.954. The summed E-state index contributed by atoms with van der Waals surface area (Å²) < 4.78 is 9.93. The fourth-order valence-electron chi connectivity index (χ4n) is 1.65. The molecule has 0 spiro atoms. The predicted molar refractivity (Wildman–Crippen MR) is 75.6 cm³/mol. The maximum atomic E-state index is 11.0. The van der Waals surface area contributed by atoms with Crippen molar-refractivity contribution < 1.29 is 14.4 Å². The minimum atomic E-state index is -0.499. The molecule has 0 saturated heterocycles. The largest absolute Gasteiger partial charge is 0.481 e. The van der Waals surface area contributed by atoms with E-state index in [0.29, 0.717) is 18.3 Å². The molecule has 2 heterocycles.